The summed E-state index contributed by atoms with van der Waals surface area (Å²) in [6, 6.07) is 5.53. The van der Waals surface area contributed by atoms with Gasteiger partial charge in [-0.2, -0.15) is 0 Å². The molecule has 0 aliphatic rings. The van der Waals surface area contributed by atoms with Gasteiger partial charge in [-0.1, -0.05) is 6.92 Å². The quantitative estimate of drug-likeness (QED) is 0.802. The van der Waals surface area contributed by atoms with Crippen LogP contribution >= 0.6 is 0 Å². The second kappa shape index (κ2) is 8.25. The molecule has 0 unspecified atom stereocenters. The molecule has 0 radical (unpaired) electrons. The Labute approximate surface area is 113 Å². The van der Waals surface area contributed by atoms with Crippen LogP contribution in [0.4, 0.5) is 0 Å². The molecule has 0 saturated heterocycles. The minimum absolute atomic E-state index is 0.690. The van der Waals surface area contributed by atoms with E-state index >= 15 is 0 Å². The van der Waals surface area contributed by atoms with Gasteiger partial charge in [0.25, 0.3) is 0 Å². The average Bonchev–Trinajstić information content (AvgIpc) is 2.15. The van der Waals surface area contributed by atoms with Crippen molar-refractivity contribution in [3.63, 3.8) is 0 Å². The van der Waals surface area contributed by atoms with Gasteiger partial charge in [-0.3, -0.25) is 9.88 Å². The summed E-state index contributed by atoms with van der Waals surface area (Å²) in [6.45, 7) is 18.4. The van der Waals surface area contributed by atoms with Gasteiger partial charge in [0.15, 0.2) is 0 Å². The molecule has 0 atom stereocenters. The number of nitrogens with zero attached hydrogens (tertiary/aromatic N) is 2. The van der Waals surface area contributed by atoms with E-state index in [9.17, 15) is 0 Å². The molecule has 0 amide bonds. The third kappa shape index (κ3) is 6.75. The van der Waals surface area contributed by atoms with Gasteiger partial charge in [0.2, 0.25) is 0 Å². The molecule has 1 aromatic heterocycles. The SMILES string of the molecule is CCN(C(C)C)C(C)C.Cc1cc(C)nc(C)c1. The smallest absolute Gasteiger partial charge is 0.0378 e. The van der Waals surface area contributed by atoms with Gasteiger partial charge < -0.3 is 0 Å². The van der Waals surface area contributed by atoms with Crippen molar-refractivity contribution in [2.75, 3.05) is 6.54 Å². The molecule has 0 bridgehead atoms. The highest BCUT2D eigenvalue weighted by molar-refractivity contribution is 5.18. The van der Waals surface area contributed by atoms with Gasteiger partial charge in [0, 0.05) is 23.5 Å². The standard InChI is InChI=1S/C8H11N.C8H19N/c1-6-4-7(2)9-8(3)5-6;1-6-9(7(2)3)8(4)5/h4-5H,1-3H3;7-8H,6H2,1-5H3. The average molecular weight is 250 g/mol. The molecule has 0 fully saturated rings. The zero-order chi connectivity index (χ0) is 14.3. The van der Waals surface area contributed by atoms with Crippen molar-refractivity contribution in [3.05, 3.63) is 29.1 Å². The largest absolute Gasteiger partial charge is 0.299 e. The van der Waals surface area contributed by atoms with Crippen molar-refractivity contribution < 1.29 is 0 Å². The molecule has 0 aliphatic heterocycles. The van der Waals surface area contributed by atoms with E-state index in [2.05, 4.69) is 63.6 Å². The van der Waals surface area contributed by atoms with Gasteiger partial charge in [-0.05, 0) is 72.7 Å². The summed E-state index contributed by atoms with van der Waals surface area (Å²) < 4.78 is 0. The number of pyridine rings is 1. The molecule has 1 heterocycles. The van der Waals surface area contributed by atoms with Crippen molar-refractivity contribution in [3.8, 4) is 0 Å². The van der Waals surface area contributed by atoms with Crippen LogP contribution in [0.15, 0.2) is 12.1 Å². The van der Waals surface area contributed by atoms with Crippen LogP contribution < -0.4 is 0 Å². The molecular weight excluding hydrogens is 220 g/mol. The molecule has 0 saturated carbocycles. The van der Waals surface area contributed by atoms with E-state index in [1.807, 2.05) is 13.8 Å². The van der Waals surface area contributed by atoms with Crippen LogP contribution in [0.2, 0.25) is 0 Å². The fourth-order valence-corrected chi connectivity index (χ4v) is 2.37. The third-order valence-corrected chi connectivity index (χ3v) is 2.92. The molecule has 2 nitrogen and oxygen atoms in total. The maximum absolute atomic E-state index is 4.23. The van der Waals surface area contributed by atoms with Gasteiger partial charge in [0.05, 0.1) is 0 Å². The molecule has 1 aromatic rings. The number of rotatable bonds is 3. The number of aromatic nitrogens is 1. The van der Waals surface area contributed by atoms with Gasteiger partial charge in [-0.15, -0.1) is 0 Å². The molecule has 0 spiro atoms. The monoisotopic (exact) mass is 250 g/mol. The van der Waals surface area contributed by atoms with E-state index in [4.69, 9.17) is 0 Å². The van der Waals surface area contributed by atoms with Crippen LogP contribution in [-0.4, -0.2) is 28.5 Å². The Hall–Kier alpha value is -0.890. The molecule has 104 valence electrons. The van der Waals surface area contributed by atoms with Gasteiger partial charge in [0.1, 0.15) is 0 Å². The molecule has 0 N–H and O–H groups in total. The van der Waals surface area contributed by atoms with E-state index in [1.54, 1.807) is 0 Å². The highest BCUT2D eigenvalue weighted by Gasteiger charge is 2.08. The lowest BCUT2D eigenvalue weighted by Gasteiger charge is -2.28. The zero-order valence-corrected chi connectivity index (χ0v) is 13.4. The molecule has 18 heavy (non-hydrogen) atoms. The van der Waals surface area contributed by atoms with Crippen molar-refractivity contribution >= 4 is 0 Å². The lowest BCUT2D eigenvalue weighted by Crippen LogP contribution is -2.36. The molecule has 1 rings (SSSR count). The first kappa shape index (κ1) is 17.1. The van der Waals surface area contributed by atoms with Crippen molar-refractivity contribution in [2.24, 2.45) is 0 Å². The van der Waals surface area contributed by atoms with E-state index < -0.39 is 0 Å². The number of hydrogen-bond acceptors (Lipinski definition) is 2. The molecular formula is C16H30N2. The summed E-state index contributed by atoms with van der Waals surface area (Å²) >= 11 is 0. The van der Waals surface area contributed by atoms with Crippen molar-refractivity contribution in [2.45, 2.75) is 67.5 Å². The maximum Gasteiger partial charge on any atom is 0.0378 e. The van der Waals surface area contributed by atoms with E-state index in [0.29, 0.717) is 12.1 Å². The Bertz CT molecular complexity index is 284. The van der Waals surface area contributed by atoms with Gasteiger partial charge in [-0.25, -0.2) is 0 Å². The highest BCUT2D eigenvalue weighted by Crippen LogP contribution is 2.02. The van der Waals surface area contributed by atoms with Crippen molar-refractivity contribution in [1.29, 1.82) is 0 Å². The second-order valence-electron chi connectivity index (χ2n) is 5.45. The summed E-state index contributed by atoms with van der Waals surface area (Å²) in [6.07, 6.45) is 0. The Morgan fingerprint density at radius 2 is 1.33 bits per heavy atom. The minimum atomic E-state index is 0.690. The highest BCUT2D eigenvalue weighted by atomic mass is 15.2. The van der Waals surface area contributed by atoms with Crippen molar-refractivity contribution in [1.82, 2.24) is 9.88 Å². The number of aryl methyl sites for hydroxylation is 3. The summed E-state index contributed by atoms with van der Waals surface area (Å²) in [7, 11) is 0. The minimum Gasteiger partial charge on any atom is -0.299 e. The zero-order valence-electron chi connectivity index (χ0n) is 13.4. The summed E-state index contributed by atoms with van der Waals surface area (Å²) in [5.41, 5.74) is 3.50. The van der Waals surface area contributed by atoms with Crippen LogP contribution in [0.3, 0.4) is 0 Å². The molecule has 2 heteroatoms. The molecule has 0 aromatic carbocycles. The first-order valence-corrected chi connectivity index (χ1v) is 6.95. The predicted octanol–water partition coefficient (Wildman–Crippen LogP) is 4.13. The summed E-state index contributed by atoms with van der Waals surface area (Å²) in [5, 5.41) is 0. The van der Waals surface area contributed by atoms with E-state index in [1.165, 1.54) is 5.56 Å². The number of hydrogen-bond donors (Lipinski definition) is 0. The van der Waals surface area contributed by atoms with Crippen LogP contribution in [-0.2, 0) is 0 Å². The lowest BCUT2D eigenvalue weighted by atomic mass is 10.2. The second-order valence-corrected chi connectivity index (χ2v) is 5.45. The Morgan fingerprint density at radius 1 is 0.944 bits per heavy atom. The predicted molar refractivity (Wildman–Crippen MR) is 81.1 cm³/mol. The van der Waals surface area contributed by atoms with E-state index in [0.717, 1.165) is 17.9 Å². The Kier molecular flexibility index (Phi) is 7.85. The van der Waals surface area contributed by atoms with Crippen LogP contribution in [0.5, 0.6) is 0 Å². The Morgan fingerprint density at radius 3 is 1.50 bits per heavy atom. The van der Waals surface area contributed by atoms with Gasteiger partial charge >= 0.3 is 0 Å². The van der Waals surface area contributed by atoms with Crippen LogP contribution in [0.25, 0.3) is 0 Å². The first-order chi connectivity index (χ1) is 8.27. The van der Waals surface area contributed by atoms with E-state index in [-0.39, 0.29) is 0 Å². The molecule has 0 aliphatic carbocycles. The topological polar surface area (TPSA) is 16.1 Å². The van der Waals surface area contributed by atoms with Crippen LogP contribution in [0.1, 0.15) is 51.6 Å². The van der Waals surface area contributed by atoms with Crippen LogP contribution in [0, 0.1) is 20.8 Å². The fourth-order valence-electron chi connectivity index (χ4n) is 2.37. The summed E-state index contributed by atoms with van der Waals surface area (Å²) in [5.74, 6) is 0. The summed E-state index contributed by atoms with van der Waals surface area (Å²) in [4.78, 5) is 6.69. The Balaban J connectivity index is 0.000000321. The lowest BCUT2D eigenvalue weighted by molar-refractivity contribution is 0.185. The third-order valence-electron chi connectivity index (χ3n) is 2.92. The maximum atomic E-state index is 4.23. The first-order valence-electron chi connectivity index (χ1n) is 6.95. The fraction of sp³-hybridized carbons (Fsp3) is 0.688. The normalized spacial score (nSPS) is 10.8.